The molecule has 0 bridgehead atoms. The van der Waals surface area contributed by atoms with Crippen LogP contribution in [0.15, 0.2) is 182 Å². The third kappa shape index (κ3) is 5.88. The van der Waals surface area contributed by atoms with Gasteiger partial charge in [0.2, 0.25) is 0 Å². The first kappa shape index (κ1) is 27.0. The van der Waals surface area contributed by atoms with Gasteiger partial charge in [0.1, 0.15) is 23.0 Å². The molecule has 0 N–H and O–H groups in total. The van der Waals surface area contributed by atoms with E-state index in [1.54, 1.807) is 0 Å². The molecule has 0 aromatic heterocycles. The Morgan fingerprint density at radius 2 is 0.523 bits per heavy atom. The van der Waals surface area contributed by atoms with Crippen LogP contribution in [-0.2, 0) is 0 Å². The van der Waals surface area contributed by atoms with Gasteiger partial charge in [-0.2, -0.15) is 0 Å². The van der Waals surface area contributed by atoms with Gasteiger partial charge in [0.05, 0.1) is 0 Å². The molecule has 0 atom stereocenters. The van der Waals surface area contributed by atoms with Gasteiger partial charge in [-0.05, 0) is 93.0 Å². The lowest BCUT2D eigenvalue weighted by molar-refractivity contribution is 0.482. The van der Waals surface area contributed by atoms with Gasteiger partial charge in [-0.3, -0.25) is 0 Å². The molecule has 0 aliphatic rings. The molecule has 0 spiro atoms. The minimum absolute atomic E-state index is 0.805. The van der Waals surface area contributed by atoms with E-state index < -0.39 is 0 Å². The number of hydrogen-bond acceptors (Lipinski definition) is 2. The average molecular weight is 567 g/mol. The van der Waals surface area contributed by atoms with Crippen molar-refractivity contribution in [1.29, 1.82) is 0 Å². The normalized spacial score (nSPS) is 10.7. The summed E-state index contributed by atoms with van der Waals surface area (Å²) >= 11 is 0. The fourth-order valence-corrected chi connectivity index (χ4v) is 5.60. The third-order valence-electron chi connectivity index (χ3n) is 7.61. The molecule has 44 heavy (non-hydrogen) atoms. The van der Waals surface area contributed by atoms with Gasteiger partial charge >= 0.3 is 0 Å². The lowest BCUT2D eigenvalue weighted by atomic mass is 9.86. The molecule has 0 unspecified atom stereocenters. The molecular weight excluding hydrogens is 536 g/mol. The highest BCUT2D eigenvalue weighted by atomic mass is 16.5. The summed E-state index contributed by atoms with van der Waals surface area (Å²) in [6.07, 6.45) is 0. The van der Waals surface area contributed by atoms with E-state index in [1.807, 2.05) is 72.8 Å². The van der Waals surface area contributed by atoms with Crippen molar-refractivity contribution in [3.05, 3.63) is 182 Å². The maximum atomic E-state index is 6.18. The molecule has 0 amide bonds. The molecule has 0 heterocycles. The van der Waals surface area contributed by atoms with Crippen LogP contribution < -0.4 is 9.47 Å². The minimum Gasteiger partial charge on any atom is -0.457 e. The van der Waals surface area contributed by atoms with Crippen molar-refractivity contribution in [3.8, 4) is 67.5 Å². The van der Waals surface area contributed by atoms with Crippen molar-refractivity contribution in [3.63, 3.8) is 0 Å². The Kier molecular flexibility index (Phi) is 7.71. The zero-order valence-electron chi connectivity index (χ0n) is 24.1. The lowest BCUT2D eigenvalue weighted by Crippen LogP contribution is -1.92. The van der Waals surface area contributed by atoms with E-state index in [9.17, 15) is 0 Å². The molecule has 0 saturated carbocycles. The maximum Gasteiger partial charge on any atom is 0.128 e. The Morgan fingerprint density at radius 1 is 0.227 bits per heavy atom. The van der Waals surface area contributed by atoms with E-state index in [0.29, 0.717) is 0 Å². The van der Waals surface area contributed by atoms with E-state index in [4.69, 9.17) is 9.47 Å². The van der Waals surface area contributed by atoms with Crippen LogP contribution in [0.4, 0.5) is 0 Å². The summed E-state index contributed by atoms with van der Waals surface area (Å²) in [6, 6.07) is 62.2. The fraction of sp³-hybridized carbons (Fsp3) is 0. The minimum atomic E-state index is 0.805. The van der Waals surface area contributed by atoms with E-state index in [0.717, 1.165) is 56.4 Å². The van der Waals surface area contributed by atoms with Crippen LogP contribution in [-0.4, -0.2) is 0 Å². The highest BCUT2D eigenvalue weighted by Gasteiger charge is 2.16. The predicted octanol–water partition coefficient (Wildman–Crippen LogP) is 11.9. The first-order chi connectivity index (χ1) is 21.8. The molecule has 0 fully saturated rings. The summed E-state index contributed by atoms with van der Waals surface area (Å²) in [5, 5.41) is 0. The summed E-state index contributed by atoms with van der Waals surface area (Å²) < 4.78 is 12.4. The largest absolute Gasteiger partial charge is 0.457 e. The molecule has 0 radical (unpaired) electrons. The summed E-state index contributed by atoms with van der Waals surface area (Å²) in [6.45, 7) is 0. The SMILES string of the molecule is c1ccc(Oc2cccc(-c3ccccc3-c3ccccc3-c3ccccc3-c3cccc(Oc4ccccc4)c3)c2)cc1. The smallest absolute Gasteiger partial charge is 0.128 e. The Morgan fingerprint density at radius 3 is 0.909 bits per heavy atom. The average Bonchev–Trinajstić information content (AvgIpc) is 3.09. The lowest BCUT2D eigenvalue weighted by Gasteiger charge is -2.18. The number of para-hydroxylation sites is 2. The summed E-state index contributed by atoms with van der Waals surface area (Å²) in [5.74, 6) is 3.25. The monoisotopic (exact) mass is 566 g/mol. The van der Waals surface area contributed by atoms with Crippen LogP contribution in [0.25, 0.3) is 44.5 Å². The highest BCUT2D eigenvalue weighted by molar-refractivity contribution is 5.95. The molecule has 210 valence electrons. The Balaban J connectivity index is 1.29. The number of rotatable bonds is 8. The van der Waals surface area contributed by atoms with Crippen LogP contribution in [0, 0.1) is 0 Å². The Bertz CT molecular complexity index is 1860. The molecule has 0 aliphatic heterocycles. The highest BCUT2D eigenvalue weighted by Crippen LogP contribution is 2.42. The summed E-state index contributed by atoms with van der Waals surface area (Å²) in [5.41, 5.74) is 9.16. The van der Waals surface area contributed by atoms with Crippen molar-refractivity contribution in [2.45, 2.75) is 0 Å². The Hall–Kier alpha value is -5.86. The topological polar surface area (TPSA) is 18.5 Å². The van der Waals surface area contributed by atoms with Crippen LogP contribution in [0.2, 0.25) is 0 Å². The molecule has 7 aromatic carbocycles. The fourth-order valence-electron chi connectivity index (χ4n) is 5.60. The molecule has 0 aliphatic carbocycles. The van der Waals surface area contributed by atoms with Gasteiger partial charge in [-0.1, -0.05) is 133 Å². The van der Waals surface area contributed by atoms with E-state index in [1.165, 1.54) is 11.1 Å². The second-order valence-electron chi connectivity index (χ2n) is 10.5. The number of ether oxygens (including phenoxy) is 2. The van der Waals surface area contributed by atoms with E-state index >= 15 is 0 Å². The van der Waals surface area contributed by atoms with Crippen molar-refractivity contribution < 1.29 is 9.47 Å². The summed E-state index contributed by atoms with van der Waals surface area (Å²) in [4.78, 5) is 0. The molecule has 7 aromatic rings. The second-order valence-corrected chi connectivity index (χ2v) is 10.5. The molecule has 2 nitrogen and oxygen atoms in total. The van der Waals surface area contributed by atoms with Crippen LogP contribution >= 0.6 is 0 Å². The second kappa shape index (κ2) is 12.6. The van der Waals surface area contributed by atoms with Crippen LogP contribution in [0.1, 0.15) is 0 Å². The van der Waals surface area contributed by atoms with Gasteiger partial charge in [-0.15, -0.1) is 0 Å². The standard InChI is InChI=1S/C42H30O2/c1-3-17-33(18-4-1)43-35-21-13-15-31(29-35)37-23-7-9-25-39(37)41-27-11-12-28-42(41)40-26-10-8-24-38(40)32-16-14-22-36(30-32)44-34-19-5-2-6-20-34/h1-30H. The zero-order chi connectivity index (χ0) is 29.6. The number of hydrogen-bond donors (Lipinski definition) is 0. The molecule has 7 rings (SSSR count). The van der Waals surface area contributed by atoms with Crippen molar-refractivity contribution in [2.24, 2.45) is 0 Å². The van der Waals surface area contributed by atoms with Crippen LogP contribution in [0.3, 0.4) is 0 Å². The van der Waals surface area contributed by atoms with Crippen LogP contribution in [0.5, 0.6) is 23.0 Å². The number of benzene rings is 7. The Labute approximate surface area is 258 Å². The first-order valence-corrected chi connectivity index (χ1v) is 14.8. The van der Waals surface area contributed by atoms with Crippen molar-refractivity contribution >= 4 is 0 Å². The van der Waals surface area contributed by atoms with Gasteiger partial charge in [0, 0.05) is 0 Å². The molecular formula is C42H30O2. The van der Waals surface area contributed by atoms with Gasteiger partial charge < -0.3 is 9.47 Å². The maximum absolute atomic E-state index is 6.18. The van der Waals surface area contributed by atoms with E-state index in [-0.39, 0.29) is 0 Å². The van der Waals surface area contributed by atoms with E-state index in [2.05, 4.69) is 109 Å². The zero-order valence-corrected chi connectivity index (χ0v) is 24.1. The third-order valence-corrected chi connectivity index (χ3v) is 7.61. The van der Waals surface area contributed by atoms with Crippen molar-refractivity contribution in [1.82, 2.24) is 0 Å². The molecule has 2 heteroatoms. The van der Waals surface area contributed by atoms with Gasteiger partial charge in [0.15, 0.2) is 0 Å². The quantitative estimate of drug-likeness (QED) is 0.182. The van der Waals surface area contributed by atoms with Gasteiger partial charge in [0.25, 0.3) is 0 Å². The van der Waals surface area contributed by atoms with Crippen molar-refractivity contribution in [2.75, 3.05) is 0 Å². The first-order valence-electron chi connectivity index (χ1n) is 14.8. The predicted molar refractivity (Wildman–Crippen MR) is 181 cm³/mol. The molecule has 0 saturated heterocycles. The van der Waals surface area contributed by atoms with Gasteiger partial charge in [-0.25, -0.2) is 0 Å². The summed E-state index contributed by atoms with van der Waals surface area (Å²) in [7, 11) is 0.